The Hall–Kier alpha value is -1.02. The molecule has 0 saturated carbocycles. The van der Waals surface area contributed by atoms with Gasteiger partial charge in [-0.1, -0.05) is 64.7 Å². The first kappa shape index (κ1) is 14.4. The van der Waals surface area contributed by atoms with E-state index in [4.69, 9.17) is 23.2 Å². The van der Waals surface area contributed by atoms with Crippen molar-refractivity contribution in [3.05, 3.63) is 68.7 Å². The molecule has 1 unspecified atom stereocenters. The molecule has 0 fully saturated rings. The van der Waals surface area contributed by atoms with E-state index in [2.05, 4.69) is 32.0 Å². The van der Waals surface area contributed by atoms with Crippen molar-refractivity contribution in [2.24, 2.45) is 0 Å². The molecule has 100 valence electrons. The molecule has 0 aliphatic rings. The van der Waals surface area contributed by atoms with Gasteiger partial charge in [0.25, 0.3) is 0 Å². The molecule has 0 aliphatic carbocycles. The number of halogens is 2. The Labute approximate surface area is 123 Å². The van der Waals surface area contributed by atoms with E-state index in [1.807, 2.05) is 6.07 Å². The summed E-state index contributed by atoms with van der Waals surface area (Å²) in [5, 5.41) is 11.2. The van der Waals surface area contributed by atoms with Gasteiger partial charge in [0, 0.05) is 12.0 Å². The number of hydrogen-bond donors (Lipinski definition) is 1. The summed E-state index contributed by atoms with van der Waals surface area (Å²) < 4.78 is 0. The number of aliphatic hydroxyl groups excluding tert-OH is 1. The number of aliphatic hydroxyl groups is 1. The highest BCUT2D eigenvalue weighted by molar-refractivity contribution is 6.42. The van der Waals surface area contributed by atoms with Crippen molar-refractivity contribution in [2.75, 3.05) is 0 Å². The Morgan fingerprint density at radius 3 is 2.32 bits per heavy atom. The van der Waals surface area contributed by atoms with Crippen LogP contribution in [-0.4, -0.2) is 5.11 Å². The fourth-order valence-corrected chi connectivity index (χ4v) is 2.73. The highest BCUT2D eigenvalue weighted by Crippen LogP contribution is 2.31. The molecule has 0 aliphatic heterocycles. The van der Waals surface area contributed by atoms with Gasteiger partial charge in [-0.3, -0.25) is 0 Å². The fourth-order valence-electron chi connectivity index (χ4n) is 2.30. The molecule has 0 spiro atoms. The lowest BCUT2D eigenvalue weighted by Crippen LogP contribution is -2.03. The quantitative estimate of drug-likeness (QED) is 0.855. The van der Waals surface area contributed by atoms with Crippen molar-refractivity contribution in [1.82, 2.24) is 0 Å². The highest BCUT2D eigenvalue weighted by atomic mass is 35.5. The SMILES string of the molecule is Cc1cc(C)cc(CC(O)c2cccc(Cl)c2Cl)c1. The van der Waals surface area contributed by atoms with Gasteiger partial charge in [0.15, 0.2) is 0 Å². The first-order chi connectivity index (χ1) is 8.97. The smallest absolute Gasteiger partial charge is 0.0845 e. The second-order valence-electron chi connectivity index (χ2n) is 4.86. The second kappa shape index (κ2) is 5.96. The molecule has 0 saturated heterocycles. The maximum atomic E-state index is 10.3. The summed E-state index contributed by atoms with van der Waals surface area (Å²) >= 11 is 12.1. The molecule has 0 heterocycles. The van der Waals surface area contributed by atoms with Gasteiger partial charge in [-0.25, -0.2) is 0 Å². The Morgan fingerprint density at radius 2 is 1.68 bits per heavy atom. The lowest BCUT2D eigenvalue weighted by atomic mass is 9.98. The zero-order valence-corrected chi connectivity index (χ0v) is 12.5. The molecule has 1 atom stereocenters. The van der Waals surface area contributed by atoms with Crippen molar-refractivity contribution < 1.29 is 5.11 Å². The van der Waals surface area contributed by atoms with Gasteiger partial charge in [0.05, 0.1) is 16.1 Å². The number of hydrogen-bond acceptors (Lipinski definition) is 1. The maximum Gasteiger partial charge on any atom is 0.0845 e. The van der Waals surface area contributed by atoms with Crippen LogP contribution in [0.4, 0.5) is 0 Å². The average Bonchev–Trinajstić information content (AvgIpc) is 2.31. The Kier molecular flexibility index (Phi) is 4.51. The molecule has 19 heavy (non-hydrogen) atoms. The maximum absolute atomic E-state index is 10.3. The van der Waals surface area contributed by atoms with Crippen LogP contribution in [0.5, 0.6) is 0 Å². The average molecular weight is 295 g/mol. The number of rotatable bonds is 3. The molecule has 2 rings (SSSR count). The zero-order chi connectivity index (χ0) is 14.0. The molecular formula is C16H16Cl2O. The van der Waals surface area contributed by atoms with Gasteiger partial charge in [0.2, 0.25) is 0 Å². The fraction of sp³-hybridized carbons (Fsp3) is 0.250. The molecule has 0 bridgehead atoms. The predicted octanol–water partition coefficient (Wildman–Crippen LogP) is 4.89. The van der Waals surface area contributed by atoms with E-state index < -0.39 is 6.10 Å². The normalized spacial score (nSPS) is 12.5. The molecule has 2 aromatic rings. The van der Waals surface area contributed by atoms with Gasteiger partial charge in [-0.15, -0.1) is 0 Å². The molecule has 2 aromatic carbocycles. The van der Waals surface area contributed by atoms with E-state index in [9.17, 15) is 5.11 Å². The van der Waals surface area contributed by atoms with Crippen molar-refractivity contribution >= 4 is 23.2 Å². The van der Waals surface area contributed by atoms with Crippen LogP contribution in [0.2, 0.25) is 10.0 Å². The Balaban J connectivity index is 2.25. The lowest BCUT2D eigenvalue weighted by molar-refractivity contribution is 0.178. The summed E-state index contributed by atoms with van der Waals surface area (Å²) in [6.07, 6.45) is -0.116. The minimum atomic E-state index is -0.646. The van der Waals surface area contributed by atoms with E-state index in [-0.39, 0.29) is 0 Å². The van der Waals surface area contributed by atoms with Crippen molar-refractivity contribution in [3.8, 4) is 0 Å². The van der Waals surface area contributed by atoms with Gasteiger partial charge < -0.3 is 5.11 Å². The standard InChI is InChI=1S/C16H16Cl2O/c1-10-6-11(2)8-12(7-10)9-15(19)13-4-3-5-14(17)16(13)18/h3-8,15,19H,9H2,1-2H3. The van der Waals surface area contributed by atoms with Gasteiger partial charge in [0.1, 0.15) is 0 Å². The minimum absolute atomic E-state index is 0.432. The van der Waals surface area contributed by atoms with Crippen LogP contribution in [0.1, 0.15) is 28.4 Å². The molecule has 3 heteroatoms. The summed E-state index contributed by atoms with van der Waals surface area (Å²) in [5.41, 5.74) is 4.16. The summed E-state index contributed by atoms with van der Waals surface area (Å²) in [5.74, 6) is 0. The molecule has 1 nitrogen and oxygen atoms in total. The van der Waals surface area contributed by atoms with Gasteiger partial charge in [-0.2, -0.15) is 0 Å². The number of benzene rings is 2. The highest BCUT2D eigenvalue weighted by Gasteiger charge is 2.14. The number of aryl methyl sites for hydroxylation is 2. The van der Waals surface area contributed by atoms with E-state index in [0.29, 0.717) is 22.0 Å². The molecule has 0 amide bonds. The largest absolute Gasteiger partial charge is 0.388 e. The van der Waals surface area contributed by atoms with Crippen LogP contribution >= 0.6 is 23.2 Å². The van der Waals surface area contributed by atoms with Crippen LogP contribution in [0.3, 0.4) is 0 Å². The summed E-state index contributed by atoms with van der Waals surface area (Å²) in [6, 6.07) is 11.6. The summed E-state index contributed by atoms with van der Waals surface area (Å²) in [4.78, 5) is 0. The first-order valence-corrected chi connectivity index (χ1v) is 6.92. The van der Waals surface area contributed by atoms with Crippen LogP contribution in [0.15, 0.2) is 36.4 Å². The molecule has 0 radical (unpaired) electrons. The third-order valence-corrected chi connectivity index (χ3v) is 3.88. The van der Waals surface area contributed by atoms with E-state index in [0.717, 1.165) is 5.56 Å². The molecular weight excluding hydrogens is 279 g/mol. The third kappa shape index (κ3) is 3.50. The van der Waals surface area contributed by atoms with Crippen LogP contribution in [0.25, 0.3) is 0 Å². The second-order valence-corrected chi connectivity index (χ2v) is 5.64. The molecule has 0 aromatic heterocycles. The topological polar surface area (TPSA) is 20.2 Å². The van der Waals surface area contributed by atoms with Gasteiger partial charge >= 0.3 is 0 Å². The Morgan fingerprint density at radius 1 is 1.05 bits per heavy atom. The monoisotopic (exact) mass is 294 g/mol. The van der Waals surface area contributed by atoms with Crippen LogP contribution in [-0.2, 0) is 6.42 Å². The third-order valence-electron chi connectivity index (χ3n) is 3.05. The zero-order valence-electron chi connectivity index (χ0n) is 11.0. The molecule has 1 N–H and O–H groups in total. The summed E-state index contributed by atoms with van der Waals surface area (Å²) in [7, 11) is 0. The van der Waals surface area contributed by atoms with Crippen molar-refractivity contribution in [2.45, 2.75) is 26.4 Å². The predicted molar refractivity (Wildman–Crippen MR) is 81.0 cm³/mol. The summed E-state index contributed by atoms with van der Waals surface area (Å²) in [6.45, 7) is 4.10. The van der Waals surface area contributed by atoms with E-state index in [1.165, 1.54) is 11.1 Å². The lowest BCUT2D eigenvalue weighted by Gasteiger charge is -2.14. The van der Waals surface area contributed by atoms with Gasteiger partial charge in [-0.05, 0) is 25.5 Å². The van der Waals surface area contributed by atoms with Crippen molar-refractivity contribution in [3.63, 3.8) is 0 Å². The van der Waals surface area contributed by atoms with Crippen molar-refractivity contribution in [1.29, 1.82) is 0 Å². The van der Waals surface area contributed by atoms with E-state index >= 15 is 0 Å². The van der Waals surface area contributed by atoms with Crippen LogP contribution < -0.4 is 0 Å². The van der Waals surface area contributed by atoms with E-state index in [1.54, 1.807) is 12.1 Å². The van der Waals surface area contributed by atoms with Crippen LogP contribution in [0, 0.1) is 13.8 Å². The minimum Gasteiger partial charge on any atom is -0.388 e. The Bertz CT molecular complexity index is 573. The first-order valence-electron chi connectivity index (χ1n) is 6.16.